The second kappa shape index (κ2) is 11.9. The van der Waals surface area contributed by atoms with E-state index in [1.165, 1.54) is 24.4 Å². The molecule has 35 heavy (non-hydrogen) atoms. The second-order valence-corrected chi connectivity index (χ2v) is 8.97. The molecule has 0 unspecified atom stereocenters. The van der Waals surface area contributed by atoms with E-state index in [-0.39, 0.29) is 59.8 Å². The van der Waals surface area contributed by atoms with Crippen molar-refractivity contribution in [3.8, 4) is 5.88 Å². The smallest absolute Gasteiger partial charge is 0.303 e. The van der Waals surface area contributed by atoms with E-state index in [1.807, 2.05) is 13.8 Å². The topological polar surface area (TPSA) is 112 Å². The molecule has 1 aromatic carbocycles. The molecule has 0 bridgehead atoms. The van der Waals surface area contributed by atoms with Crippen LogP contribution in [0.4, 0.5) is 10.1 Å². The molecule has 11 heteroatoms. The van der Waals surface area contributed by atoms with Crippen LogP contribution in [0.25, 0.3) is 0 Å². The van der Waals surface area contributed by atoms with Gasteiger partial charge in [0.1, 0.15) is 11.5 Å². The summed E-state index contributed by atoms with van der Waals surface area (Å²) in [5.41, 5.74) is 1.16. The Bertz CT molecular complexity index is 1070. The highest BCUT2D eigenvalue weighted by molar-refractivity contribution is 6.30. The van der Waals surface area contributed by atoms with Gasteiger partial charge in [-0.3, -0.25) is 19.3 Å². The van der Waals surface area contributed by atoms with Crippen LogP contribution >= 0.6 is 11.6 Å². The van der Waals surface area contributed by atoms with Crippen LogP contribution in [0.2, 0.25) is 5.02 Å². The summed E-state index contributed by atoms with van der Waals surface area (Å²) < 4.78 is 18.8. The average Bonchev–Trinajstić information content (AvgIpc) is 2.80. The zero-order valence-corrected chi connectivity index (χ0v) is 20.3. The van der Waals surface area contributed by atoms with Crippen LogP contribution in [-0.4, -0.2) is 69.5 Å². The van der Waals surface area contributed by atoms with Gasteiger partial charge in [0.05, 0.1) is 11.4 Å². The molecule has 0 spiro atoms. The minimum atomic E-state index is -1.09. The van der Waals surface area contributed by atoms with Crippen molar-refractivity contribution in [1.29, 1.82) is 0 Å². The van der Waals surface area contributed by atoms with Gasteiger partial charge in [0, 0.05) is 44.3 Å². The number of ether oxygens (including phenoxy) is 1. The van der Waals surface area contributed by atoms with Gasteiger partial charge < -0.3 is 20.1 Å². The Hall–Kier alpha value is -3.24. The third kappa shape index (κ3) is 7.63. The fraction of sp³-hybridized carbons (Fsp3) is 0.417. The van der Waals surface area contributed by atoms with Crippen molar-refractivity contribution in [2.75, 3.05) is 25.0 Å². The Balaban J connectivity index is 1.58. The molecule has 2 amide bonds. The van der Waals surface area contributed by atoms with E-state index in [2.05, 4.69) is 15.2 Å². The highest BCUT2D eigenvalue weighted by atomic mass is 35.5. The van der Waals surface area contributed by atoms with Gasteiger partial charge in [-0.05, 0) is 37.6 Å². The van der Waals surface area contributed by atoms with Gasteiger partial charge in [-0.15, -0.1) is 0 Å². The van der Waals surface area contributed by atoms with E-state index < -0.39 is 11.9 Å². The number of rotatable bonds is 9. The first kappa shape index (κ1) is 26.4. The summed E-state index contributed by atoms with van der Waals surface area (Å²) in [6, 6.07) is 7.83. The quantitative estimate of drug-likeness (QED) is 0.537. The fourth-order valence-corrected chi connectivity index (χ4v) is 4.03. The molecule has 2 atom stereocenters. The second-order valence-electron chi connectivity index (χ2n) is 8.54. The van der Waals surface area contributed by atoms with E-state index in [4.69, 9.17) is 21.4 Å². The van der Waals surface area contributed by atoms with E-state index in [0.717, 1.165) is 5.56 Å². The summed E-state index contributed by atoms with van der Waals surface area (Å²) in [6.45, 7) is 5.50. The zero-order valence-electron chi connectivity index (χ0n) is 19.5. The number of carboxylic acids is 1. The lowest BCUT2D eigenvalue weighted by Gasteiger charge is -2.44. The molecule has 1 fully saturated rings. The number of pyridine rings is 1. The van der Waals surface area contributed by atoms with Gasteiger partial charge in [0.15, 0.2) is 6.61 Å². The lowest BCUT2D eigenvalue weighted by molar-refractivity contribution is -0.139. The Morgan fingerprint density at radius 1 is 1.17 bits per heavy atom. The molecular formula is C24H28ClFN4O5. The van der Waals surface area contributed by atoms with Crippen molar-refractivity contribution in [2.24, 2.45) is 0 Å². The van der Waals surface area contributed by atoms with Crippen LogP contribution < -0.4 is 10.1 Å². The van der Waals surface area contributed by atoms with Crippen LogP contribution in [0.1, 0.15) is 32.3 Å². The summed E-state index contributed by atoms with van der Waals surface area (Å²) in [5.74, 6) is -2.11. The van der Waals surface area contributed by atoms with E-state index in [9.17, 15) is 18.8 Å². The lowest BCUT2D eigenvalue weighted by Crippen LogP contribution is -2.58. The van der Waals surface area contributed by atoms with Gasteiger partial charge in [-0.2, -0.15) is 0 Å². The first-order valence-electron chi connectivity index (χ1n) is 11.2. The van der Waals surface area contributed by atoms with Crippen molar-refractivity contribution in [1.82, 2.24) is 14.8 Å². The number of anilines is 1. The molecule has 1 aromatic heterocycles. The number of carbonyl (C=O) groups excluding carboxylic acids is 2. The maximum Gasteiger partial charge on any atom is 0.303 e. The van der Waals surface area contributed by atoms with Gasteiger partial charge in [-0.1, -0.05) is 23.7 Å². The van der Waals surface area contributed by atoms with Crippen LogP contribution in [0.5, 0.6) is 5.88 Å². The average molecular weight is 507 g/mol. The SMILES string of the molecule is C[C@@H]1CN(Cc2ccc(F)cc2)[C@@H](C)CN1C(=O)COc1ncc(Cl)cc1NC(=O)CCC(=O)O. The van der Waals surface area contributed by atoms with Gasteiger partial charge >= 0.3 is 5.97 Å². The molecule has 0 aliphatic carbocycles. The maximum absolute atomic E-state index is 13.2. The number of hydrogen-bond acceptors (Lipinski definition) is 6. The monoisotopic (exact) mass is 506 g/mol. The largest absolute Gasteiger partial charge is 0.481 e. The Labute approximate surface area is 207 Å². The standard InChI is InChI=1S/C24H28ClFN4O5/c1-15-12-30(16(2)11-29(15)13-17-3-5-19(26)6-4-17)22(32)14-35-24-20(9-18(25)10-27-24)28-21(31)7-8-23(33)34/h3-6,9-10,15-16H,7-8,11-14H2,1-2H3,(H,28,31)(H,33,34)/t15-,16+/m0/s1. The van der Waals surface area contributed by atoms with Crippen molar-refractivity contribution in [3.63, 3.8) is 0 Å². The number of benzene rings is 1. The summed E-state index contributed by atoms with van der Waals surface area (Å²) in [7, 11) is 0. The molecule has 2 heterocycles. The van der Waals surface area contributed by atoms with Gasteiger partial charge in [-0.25, -0.2) is 9.37 Å². The van der Waals surface area contributed by atoms with E-state index in [1.54, 1.807) is 17.0 Å². The van der Waals surface area contributed by atoms with Crippen molar-refractivity contribution < 1.29 is 28.6 Å². The Kier molecular flexibility index (Phi) is 9.00. The van der Waals surface area contributed by atoms with Crippen molar-refractivity contribution in [3.05, 3.63) is 52.9 Å². The van der Waals surface area contributed by atoms with E-state index >= 15 is 0 Å². The molecule has 0 saturated carbocycles. The number of carbonyl (C=O) groups is 3. The minimum absolute atomic E-state index is 0.0158. The predicted octanol–water partition coefficient (Wildman–Crippen LogP) is 3.18. The predicted molar refractivity (Wildman–Crippen MR) is 128 cm³/mol. The molecule has 1 aliphatic heterocycles. The summed E-state index contributed by atoms with van der Waals surface area (Å²) in [4.78, 5) is 43.7. The maximum atomic E-state index is 13.2. The fourth-order valence-electron chi connectivity index (χ4n) is 3.87. The van der Waals surface area contributed by atoms with E-state index in [0.29, 0.717) is 19.6 Å². The molecule has 3 rings (SSSR count). The highest BCUT2D eigenvalue weighted by Crippen LogP contribution is 2.26. The molecule has 188 valence electrons. The first-order valence-corrected chi connectivity index (χ1v) is 11.6. The summed E-state index contributed by atoms with van der Waals surface area (Å²) >= 11 is 5.96. The summed E-state index contributed by atoms with van der Waals surface area (Å²) in [5, 5.41) is 11.5. The van der Waals surface area contributed by atoms with Crippen LogP contribution in [0, 0.1) is 5.82 Å². The number of piperazine rings is 1. The van der Waals surface area contributed by atoms with Crippen LogP contribution in [0.3, 0.4) is 0 Å². The number of hydrogen-bond donors (Lipinski definition) is 2. The normalized spacial score (nSPS) is 18.2. The Morgan fingerprint density at radius 2 is 1.89 bits per heavy atom. The zero-order chi connectivity index (χ0) is 25.5. The molecule has 2 aromatic rings. The molecule has 2 N–H and O–H groups in total. The number of aliphatic carboxylic acids is 1. The van der Waals surface area contributed by atoms with Crippen LogP contribution in [0.15, 0.2) is 36.5 Å². The van der Waals surface area contributed by atoms with Gasteiger partial charge in [0.2, 0.25) is 11.8 Å². The Morgan fingerprint density at radius 3 is 2.57 bits per heavy atom. The number of nitrogens with zero attached hydrogens (tertiary/aromatic N) is 3. The first-order chi connectivity index (χ1) is 16.6. The third-order valence-electron chi connectivity index (χ3n) is 5.72. The van der Waals surface area contributed by atoms with Crippen molar-refractivity contribution >= 4 is 35.1 Å². The number of amides is 2. The van der Waals surface area contributed by atoms with Gasteiger partial charge in [0.25, 0.3) is 5.91 Å². The molecule has 9 nitrogen and oxygen atoms in total. The number of carboxylic acid groups (broad SMARTS) is 1. The van der Waals surface area contributed by atoms with Crippen LogP contribution in [-0.2, 0) is 20.9 Å². The molecule has 0 radical (unpaired) electrons. The molecule has 1 aliphatic rings. The number of aromatic nitrogens is 1. The molecule has 1 saturated heterocycles. The lowest BCUT2D eigenvalue weighted by atomic mass is 10.1. The highest BCUT2D eigenvalue weighted by Gasteiger charge is 2.32. The third-order valence-corrected chi connectivity index (χ3v) is 5.93. The number of halogens is 2. The van der Waals surface area contributed by atoms with Crippen molar-refractivity contribution in [2.45, 2.75) is 45.3 Å². The number of nitrogens with one attached hydrogen (secondary N) is 1. The molecular weight excluding hydrogens is 479 g/mol. The summed E-state index contributed by atoms with van der Waals surface area (Å²) in [6.07, 6.45) is 0.780. The minimum Gasteiger partial charge on any atom is -0.481 e.